The summed E-state index contributed by atoms with van der Waals surface area (Å²) in [5.41, 5.74) is 3.22. The van der Waals surface area contributed by atoms with E-state index in [4.69, 9.17) is 10.1 Å². The summed E-state index contributed by atoms with van der Waals surface area (Å²) in [6, 6.07) is 14.2. The van der Waals surface area contributed by atoms with E-state index in [1.807, 2.05) is 30.0 Å². The maximum absolute atomic E-state index is 13.4. The van der Waals surface area contributed by atoms with Crippen LogP contribution in [-0.4, -0.2) is 68.4 Å². The normalized spacial score (nSPS) is 17.4. The third-order valence-electron chi connectivity index (χ3n) is 7.12. The zero-order valence-corrected chi connectivity index (χ0v) is 24.0. The number of hydrogen-bond donors (Lipinski definition) is 3. The van der Waals surface area contributed by atoms with E-state index in [1.165, 1.54) is 11.2 Å². The predicted molar refractivity (Wildman–Crippen MR) is 155 cm³/mol. The first kappa shape index (κ1) is 29.3. The van der Waals surface area contributed by atoms with Crippen LogP contribution in [0.5, 0.6) is 0 Å². The Morgan fingerprint density at radius 1 is 1.02 bits per heavy atom. The van der Waals surface area contributed by atoms with Crippen LogP contribution in [-0.2, 0) is 30.1 Å². The minimum absolute atomic E-state index is 0.0229. The summed E-state index contributed by atoms with van der Waals surface area (Å²) in [7, 11) is -3.60. The number of piperazine rings is 1. The lowest BCUT2D eigenvalue weighted by Gasteiger charge is -2.36. The van der Waals surface area contributed by atoms with Gasteiger partial charge in [0.1, 0.15) is 5.70 Å². The monoisotopic (exact) mass is 567 g/mol. The second-order valence-corrected chi connectivity index (χ2v) is 12.8. The molecule has 2 aromatic carbocycles. The molecule has 0 aromatic heterocycles. The van der Waals surface area contributed by atoms with Crippen molar-refractivity contribution in [3.05, 3.63) is 71.1 Å². The van der Waals surface area contributed by atoms with Crippen LogP contribution in [0, 0.1) is 17.7 Å². The van der Waals surface area contributed by atoms with Crippen molar-refractivity contribution < 1.29 is 22.7 Å². The van der Waals surface area contributed by atoms with Crippen molar-refractivity contribution >= 4 is 39.4 Å². The van der Waals surface area contributed by atoms with E-state index in [1.54, 1.807) is 30.3 Å². The molecule has 10 nitrogen and oxygen atoms in total. The van der Waals surface area contributed by atoms with Crippen molar-refractivity contribution in [1.82, 2.24) is 9.21 Å². The minimum Gasteiger partial charge on any atom is -0.486 e. The third-order valence-corrected chi connectivity index (χ3v) is 8.97. The van der Waals surface area contributed by atoms with E-state index in [9.17, 15) is 18.0 Å². The molecule has 40 heavy (non-hydrogen) atoms. The Labute approximate surface area is 235 Å². The summed E-state index contributed by atoms with van der Waals surface area (Å²) < 4.78 is 33.8. The molecule has 2 fully saturated rings. The molecule has 2 aliphatic rings. The van der Waals surface area contributed by atoms with Gasteiger partial charge in [-0.25, -0.2) is 8.42 Å². The average Bonchev–Trinajstić information content (AvgIpc) is 3.64. The number of allylic oxidation sites excluding steroid dienone is 1. The predicted octanol–water partition coefficient (Wildman–Crippen LogP) is 3.72. The van der Waals surface area contributed by atoms with Gasteiger partial charge in [0, 0.05) is 56.1 Å². The van der Waals surface area contributed by atoms with Crippen molar-refractivity contribution in [2.45, 2.75) is 39.4 Å². The first-order valence-corrected chi connectivity index (χ1v) is 14.9. The fraction of sp³-hybridized carbons (Fsp3) is 0.414. The highest BCUT2D eigenvalue weighted by molar-refractivity contribution is 7.88. The molecule has 2 amide bonds. The molecule has 1 aliphatic heterocycles. The number of benzene rings is 2. The number of nitrogens with one attached hydrogen (secondary N) is 3. The lowest BCUT2D eigenvalue weighted by Crippen LogP contribution is -2.49. The van der Waals surface area contributed by atoms with Crippen molar-refractivity contribution in [3.8, 4) is 0 Å². The van der Waals surface area contributed by atoms with Gasteiger partial charge in [0.15, 0.2) is 0 Å². The second kappa shape index (κ2) is 12.2. The number of anilines is 2. The van der Waals surface area contributed by atoms with Crippen LogP contribution in [0.1, 0.15) is 37.8 Å². The summed E-state index contributed by atoms with van der Waals surface area (Å²) in [6.07, 6.45) is 3.15. The van der Waals surface area contributed by atoms with Gasteiger partial charge < -0.3 is 25.7 Å². The van der Waals surface area contributed by atoms with E-state index >= 15 is 0 Å². The number of carbonyl (C=O) groups is 2. The van der Waals surface area contributed by atoms with Gasteiger partial charge in [0.05, 0.1) is 12.4 Å². The fourth-order valence-electron chi connectivity index (χ4n) is 4.47. The first-order valence-electron chi connectivity index (χ1n) is 13.3. The van der Waals surface area contributed by atoms with Crippen molar-refractivity contribution in [2.75, 3.05) is 43.4 Å². The molecule has 1 aliphatic carbocycles. The smallest absolute Gasteiger partial charge is 0.293 e. The molecule has 0 unspecified atom stereocenters. The van der Waals surface area contributed by atoms with Gasteiger partial charge in [-0.15, -0.1) is 0 Å². The molecule has 1 heterocycles. The SMILES string of the molecule is CC(=O)Nc1ccc(CS(=O)(=O)N2CCN(/C(C=N)=C(\OCC3(C)CC3)C(=O)Nc3cccc(C)c3)CC2)cc1. The molecule has 4 rings (SSSR count). The molecule has 0 spiro atoms. The Hall–Kier alpha value is -3.70. The van der Waals surface area contributed by atoms with Gasteiger partial charge in [-0.2, -0.15) is 4.31 Å². The van der Waals surface area contributed by atoms with Gasteiger partial charge >= 0.3 is 0 Å². The molecular weight excluding hydrogens is 530 g/mol. The van der Waals surface area contributed by atoms with Gasteiger partial charge in [-0.05, 0) is 55.2 Å². The van der Waals surface area contributed by atoms with Crippen LogP contribution in [0.25, 0.3) is 0 Å². The van der Waals surface area contributed by atoms with E-state index in [-0.39, 0.29) is 35.9 Å². The van der Waals surface area contributed by atoms with Crippen LogP contribution < -0.4 is 10.6 Å². The van der Waals surface area contributed by atoms with Crippen molar-refractivity contribution in [2.24, 2.45) is 5.41 Å². The van der Waals surface area contributed by atoms with E-state index in [2.05, 4.69) is 17.6 Å². The Balaban J connectivity index is 1.46. The molecule has 1 saturated heterocycles. The number of carbonyl (C=O) groups excluding carboxylic acids is 2. The zero-order chi connectivity index (χ0) is 28.9. The molecule has 214 valence electrons. The Kier molecular flexibility index (Phi) is 8.95. The molecular formula is C29H37N5O5S. The Morgan fingerprint density at radius 3 is 2.27 bits per heavy atom. The van der Waals surface area contributed by atoms with Crippen LogP contribution >= 0.6 is 0 Å². The summed E-state index contributed by atoms with van der Waals surface area (Å²) in [5.74, 6) is -0.724. The number of rotatable bonds is 11. The van der Waals surface area contributed by atoms with Crippen molar-refractivity contribution in [3.63, 3.8) is 0 Å². The van der Waals surface area contributed by atoms with Gasteiger partial charge in [0.2, 0.25) is 21.7 Å². The fourth-order valence-corrected chi connectivity index (χ4v) is 5.98. The Bertz CT molecular complexity index is 1390. The lowest BCUT2D eigenvalue weighted by atomic mass is 10.1. The molecule has 0 bridgehead atoms. The highest BCUT2D eigenvalue weighted by Crippen LogP contribution is 2.45. The standard InChI is InChI=1S/C29H37N5O5S/c1-21-5-4-6-25(17-21)32-28(36)27(39-20-29(3)11-12-29)26(18-30)33-13-15-34(16-14-33)40(37,38)19-23-7-9-24(10-8-23)31-22(2)35/h4-10,17-18,30H,11-16,19-20H2,1-3H3,(H,31,35)(H,32,36)/b27-26-,30-18?. The summed E-state index contributed by atoms with van der Waals surface area (Å²) in [4.78, 5) is 26.4. The van der Waals surface area contributed by atoms with Crippen LogP contribution in [0.15, 0.2) is 60.0 Å². The maximum atomic E-state index is 13.4. The number of nitrogens with zero attached hydrogens (tertiary/aromatic N) is 2. The lowest BCUT2D eigenvalue weighted by molar-refractivity contribution is -0.116. The largest absolute Gasteiger partial charge is 0.486 e. The number of amides is 2. The van der Waals surface area contributed by atoms with Gasteiger partial charge in [-0.1, -0.05) is 31.2 Å². The third kappa shape index (κ3) is 7.70. The number of sulfonamides is 1. The maximum Gasteiger partial charge on any atom is 0.293 e. The van der Waals surface area contributed by atoms with Crippen LogP contribution in [0.3, 0.4) is 0 Å². The first-order chi connectivity index (χ1) is 19.0. The highest BCUT2D eigenvalue weighted by atomic mass is 32.2. The quantitative estimate of drug-likeness (QED) is 0.215. The highest BCUT2D eigenvalue weighted by Gasteiger charge is 2.39. The molecule has 0 radical (unpaired) electrons. The minimum atomic E-state index is -3.60. The molecule has 11 heteroatoms. The van der Waals surface area contributed by atoms with Crippen LogP contribution in [0.2, 0.25) is 0 Å². The summed E-state index contributed by atoms with van der Waals surface area (Å²) in [5, 5.41) is 13.7. The number of hydrogen-bond acceptors (Lipinski definition) is 7. The van der Waals surface area contributed by atoms with E-state index < -0.39 is 15.9 Å². The topological polar surface area (TPSA) is 132 Å². The number of ether oxygens (including phenoxy) is 1. The summed E-state index contributed by atoms with van der Waals surface area (Å²) >= 11 is 0. The van der Waals surface area contributed by atoms with Crippen LogP contribution in [0.4, 0.5) is 11.4 Å². The zero-order valence-electron chi connectivity index (χ0n) is 23.2. The van der Waals surface area contributed by atoms with E-state index in [0.29, 0.717) is 42.3 Å². The molecule has 3 N–H and O–H groups in total. The summed E-state index contributed by atoms with van der Waals surface area (Å²) in [6.45, 7) is 6.88. The average molecular weight is 568 g/mol. The Morgan fingerprint density at radius 2 is 1.70 bits per heavy atom. The second-order valence-electron chi connectivity index (χ2n) is 10.8. The molecule has 2 aromatic rings. The molecule has 1 saturated carbocycles. The van der Waals surface area contributed by atoms with Gasteiger partial charge in [-0.3, -0.25) is 9.59 Å². The number of aryl methyl sites for hydroxylation is 1. The van der Waals surface area contributed by atoms with Crippen molar-refractivity contribution in [1.29, 1.82) is 5.41 Å². The van der Waals surface area contributed by atoms with Gasteiger partial charge in [0.25, 0.3) is 5.91 Å². The van der Waals surface area contributed by atoms with E-state index in [0.717, 1.165) is 24.6 Å². The molecule has 0 atom stereocenters.